The number of nitrogen functional groups attached to an aromatic ring is 1. The van der Waals surface area contributed by atoms with Crippen molar-refractivity contribution in [2.75, 3.05) is 17.7 Å². The topological polar surface area (TPSA) is 64.3 Å². The van der Waals surface area contributed by atoms with E-state index < -0.39 is 0 Å². The van der Waals surface area contributed by atoms with Crippen LogP contribution in [0.15, 0.2) is 22.7 Å². The summed E-state index contributed by atoms with van der Waals surface area (Å²) < 4.78 is 6.32. The lowest BCUT2D eigenvalue weighted by molar-refractivity contribution is -0.116. The molecule has 1 heterocycles. The second-order valence-electron chi connectivity index (χ2n) is 4.46. The highest BCUT2D eigenvalue weighted by Crippen LogP contribution is 2.25. The molecule has 3 N–H and O–H groups in total. The number of amides is 1. The first kappa shape index (κ1) is 13.4. The molecule has 1 amide bonds. The second-order valence-corrected chi connectivity index (χ2v) is 5.32. The van der Waals surface area contributed by atoms with Gasteiger partial charge in [-0.2, -0.15) is 0 Å². The van der Waals surface area contributed by atoms with Crippen molar-refractivity contribution in [3.8, 4) is 0 Å². The quantitative estimate of drug-likeness (QED) is 0.840. The van der Waals surface area contributed by atoms with E-state index in [2.05, 4.69) is 21.2 Å². The molecular formula is C13H17BrN2O2. The third-order valence-electron chi connectivity index (χ3n) is 2.98. The monoisotopic (exact) mass is 312 g/mol. The van der Waals surface area contributed by atoms with Gasteiger partial charge in [0.2, 0.25) is 5.91 Å². The Morgan fingerprint density at radius 2 is 2.39 bits per heavy atom. The van der Waals surface area contributed by atoms with Crippen molar-refractivity contribution >= 4 is 33.2 Å². The van der Waals surface area contributed by atoms with Gasteiger partial charge in [-0.3, -0.25) is 4.79 Å². The molecule has 1 aromatic rings. The zero-order chi connectivity index (χ0) is 13.0. The molecule has 4 nitrogen and oxygen atoms in total. The third kappa shape index (κ3) is 3.71. The fraction of sp³-hybridized carbons (Fsp3) is 0.462. The summed E-state index contributed by atoms with van der Waals surface area (Å²) in [5.41, 5.74) is 7.03. The average molecular weight is 313 g/mol. The van der Waals surface area contributed by atoms with Gasteiger partial charge in [-0.25, -0.2) is 0 Å². The van der Waals surface area contributed by atoms with E-state index in [0.29, 0.717) is 17.8 Å². The van der Waals surface area contributed by atoms with E-state index in [4.69, 9.17) is 10.5 Å². The molecule has 18 heavy (non-hydrogen) atoms. The van der Waals surface area contributed by atoms with Gasteiger partial charge in [0.25, 0.3) is 0 Å². The molecule has 0 aromatic heterocycles. The lowest BCUT2D eigenvalue weighted by atomic mass is 10.1. The Bertz CT molecular complexity index is 431. The maximum absolute atomic E-state index is 11.8. The summed E-state index contributed by atoms with van der Waals surface area (Å²) in [5.74, 6) is -0.00296. The minimum atomic E-state index is -0.00296. The molecule has 1 aliphatic rings. The fourth-order valence-corrected chi connectivity index (χ4v) is 2.36. The number of halogens is 1. The smallest absolute Gasteiger partial charge is 0.224 e. The van der Waals surface area contributed by atoms with E-state index in [1.807, 2.05) is 6.07 Å². The number of nitrogens with two attached hydrogens (primary N) is 1. The van der Waals surface area contributed by atoms with Crippen LogP contribution in [-0.2, 0) is 9.53 Å². The number of carbonyl (C=O) groups excluding carboxylic acids is 1. The molecule has 2 rings (SSSR count). The van der Waals surface area contributed by atoms with E-state index in [9.17, 15) is 4.79 Å². The molecule has 1 fully saturated rings. The van der Waals surface area contributed by atoms with Gasteiger partial charge < -0.3 is 15.8 Å². The molecule has 0 aliphatic carbocycles. The predicted molar refractivity (Wildman–Crippen MR) is 75.4 cm³/mol. The van der Waals surface area contributed by atoms with E-state index in [-0.39, 0.29) is 12.0 Å². The third-order valence-corrected chi connectivity index (χ3v) is 3.67. The molecule has 0 bridgehead atoms. The van der Waals surface area contributed by atoms with Gasteiger partial charge in [-0.15, -0.1) is 0 Å². The largest absolute Gasteiger partial charge is 0.399 e. The van der Waals surface area contributed by atoms with Gasteiger partial charge in [0.1, 0.15) is 0 Å². The van der Waals surface area contributed by atoms with Gasteiger partial charge in [0.05, 0.1) is 11.8 Å². The number of benzene rings is 1. The van der Waals surface area contributed by atoms with Crippen molar-refractivity contribution < 1.29 is 9.53 Å². The Balaban J connectivity index is 1.84. The Kier molecular flexibility index (Phi) is 4.60. The van der Waals surface area contributed by atoms with Crippen molar-refractivity contribution in [1.29, 1.82) is 0 Å². The van der Waals surface area contributed by atoms with E-state index >= 15 is 0 Å². The highest BCUT2D eigenvalue weighted by atomic mass is 79.9. The Labute approximate surface area is 115 Å². The lowest BCUT2D eigenvalue weighted by Gasteiger charge is -2.10. The molecule has 0 radical (unpaired) electrons. The van der Waals surface area contributed by atoms with Crippen molar-refractivity contribution in [3.05, 3.63) is 22.7 Å². The fourth-order valence-electron chi connectivity index (χ4n) is 2.02. The number of rotatable bonds is 4. The number of nitrogens with one attached hydrogen (secondary N) is 1. The van der Waals surface area contributed by atoms with Crippen molar-refractivity contribution in [2.24, 2.45) is 0 Å². The van der Waals surface area contributed by atoms with E-state index in [1.54, 1.807) is 12.1 Å². The lowest BCUT2D eigenvalue weighted by Crippen LogP contribution is -2.15. The minimum absolute atomic E-state index is 0.00296. The van der Waals surface area contributed by atoms with Crippen LogP contribution in [0, 0.1) is 0 Å². The van der Waals surface area contributed by atoms with Crippen LogP contribution in [0.25, 0.3) is 0 Å². The van der Waals surface area contributed by atoms with Crippen LogP contribution < -0.4 is 11.1 Å². The molecule has 98 valence electrons. The molecule has 1 unspecified atom stereocenters. The van der Waals surface area contributed by atoms with Crippen LogP contribution >= 0.6 is 15.9 Å². The van der Waals surface area contributed by atoms with E-state index in [0.717, 1.165) is 30.3 Å². The first-order chi connectivity index (χ1) is 8.65. The summed E-state index contributed by atoms with van der Waals surface area (Å²) >= 11 is 3.38. The van der Waals surface area contributed by atoms with Crippen LogP contribution in [0.4, 0.5) is 11.4 Å². The highest BCUT2D eigenvalue weighted by Gasteiger charge is 2.16. The van der Waals surface area contributed by atoms with Gasteiger partial charge in [0, 0.05) is 23.2 Å². The number of ether oxygens (including phenoxy) is 1. The molecule has 0 spiro atoms. The molecule has 1 aliphatic heterocycles. The Morgan fingerprint density at radius 1 is 1.56 bits per heavy atom. The molecule has 1 aromatic carbocycles. The van der Waals surface area contributed by atoms with Crippen LogP contribution in [0.3, 0.4) is 0 Å². The SMILES string of the molecule is Nc1ccc(Br)c(NC(=O)CCC2CCCO2)c1. The number of anilines is 2. The number of hydrogen-bond acceptors (Lipinski definition) is 3. The summed E-state index contributed by atoms with van der Waals surface area (Å²) in [6.07, 6.45) is 3.68. The molecule has 1 saturated heterocycles. The zero-order valence-electron chi connectivity index (χ0n) is 10.1. The standard InChI is InChI=1S/C13H17BrN2O2/c14-11-5-3-9(15)8-12(11)16-13(17)6-4-10-2-1-7-18-10/h3,5,8,10H,1-2,4,6-7,15H2,(H,16,17). The van der Waals surface area contributed by atoms with Crippen molar-refractivity contribution in [1.82, 2.24) is 0 Å². The zero-order valence-corrected chi connectivity index (χ0v) is 11.7. The Hall–Kier alpha value is -1.07. The van der Waals surface area contributed by atoms with Crippen LogP contribution in [0.1, 0.15) is 25.7 Å². The maximum atomic E-state index is 11.8. The summed E-state index contributed by atoms with van der Waals surface area (Å²) in [7, 11) is 0. The minimum Gasteiger partial charge on any atom is -0.399 e. The van der Waals surface area contributed by atoms with Crippen LogP contribution in [0.2, 0.25) is 0 Å². The van der Waals surface area contributed by atoms with Gasteiger partial charge in [-0.05, 0) is 53.4 Å². The van der Waals surface area contributed by atoms with Gasteiger partial charge in [-0.1, -0.05) is 0 Å². The van der Waals surface area contributed by atoms with Crippen LogP contribution in [-0.4, -0.2) is 18.6 Å². The molecular weight excluding hydrogens is 296 g/mol. The molecule has 1 atom stereocenters. The molecule has 0 saturated carbocycles. The number of carbonyl (C=O) groups is 1. The normalized spacial score (nSPS) is 18.8. The second kappa shape index (κ2) is 6.20. The van der Waals surface area contributed by atoms with Gasteiger partial charge in [0.15, 0.2) is 0 Å². The van der Waals surface area contributed by atoms with E-state index in [1.165, 1.54) is 0 Å². The average Bonchev–Trinajstić information content (AvgIpc) is 2.84. The first-order valence-electron chi connectivity index (χ1n) is 6.11. The van der Waals surface area contributed by atoms with Crippen molar-refractivity contribution in [3.63, 3.8) is 0 Å². The number of hydrogen-bond donors (Lipinski definition) is 2. The van der Waals surface area contributed by atoms with Gasteiger partial charge >= 0.3 is 0 Å². The maximum Gasteiger partial charge on any atom is 0.224 e. The Morgan fingerprint density at radius 3 is 3.11 bits per heavy atom. The molecule has 5 heteroatoms. The summed E-state index contributed by atoms with van der Waals surface area (Å²) in [5, 5.41) is 2.85. The van der Waals surface area contributed by atoms with Crippen molar-refractivity contribution in [2.45, 2.75) is 31.8 Å². The highest BCUT2D eigenvalue weighted by molar-refractivity contribution is 9.10. The summed E-state index contributed by atoms with van der Waals surface area (Å²) in [4.78, 5) is 11.8. The summed E-state index contributed by atoms with van der Waals surface area (Å²) in [6, 6.07) is 5.35. The first-order valence-corrected chi connectivity index (χ1v) is 6.91. The predicted octanol–water partition coefficient (Wildman–Crippen LogP) is 2.93. The summed E-state index contributed by atoms with van der Waals surface area (Å²) in [6.45, 7) is 0.826. The van der Waals surface area contributed by atoms with Crippen LogP contribution in [0.5, 0.6) is 0 Å².